The summed E-state index contributed by atoms with van der Waals surface area (Å²) in [6.45, 7) is 3.37. The van der Waals surface area contributed by atoms with Crippen LogP contribution < -0.4 is 14.8 Å². The number of carbonyl (C=O) groups excluding carboxylic acids is 3. The number of methoxy groups -OCH3 is 2. The molecule has 3 heterocycles. The largest absolute Gasteiger partial charge is 0.497 e. The number of ether oxygens (including phenoxy) is 2. The molecule has 2 aliphatic heterocycles. The Labute approximate surface area is 244 Å². The van der Waals surface area contributed by atoms with Gasteiger partial charge in [-0.05, 0) is 66.7 Å². The van der Waals surface area contributed by atoms with Gasteiger partial charge in [0.15, 0.2) is 0 Å². The molecule has 9 nitrogen and oxygen atoms in total. The highest BCUT2D eigenvalue weighted by Gasteiger charge is 2.45. The van der Waals surface area contributed by atoms with Gasteiger partial charge in [0.05, 0.1) is 25.1 Å². The first-order valence-electron chi connectivity index (χ1n) is 13.9. The van der Waals surface area contributed by atoms with Crippen molar-refractivity contribution in [2.24, 2.45) is 0 Å². The predicted octanol–water partition coefficient (Wildman–Crippen LogP) is 3.51. The van der Waals surface area contributed by atoms with Gasteiger partial charge in [-0.25, -0.2) is 0 Å². The summed E-state index contributed by atoms with van der Waals surface area (Å²) in [5.41, 5.74) is 1.36. The highest BCUT2D eigenvalue weighted by molar-refractivity contribution is 7.12. The van der Waals surface area contributed by atoms with Crippen LogP contribution in [0.2, 0.25) is 0 Å². The first kappa shape index (κ1) is 28.6. The number of rotatable bonds is 8. The van der Waals surface area contributed by atoms with Crippen LogP contribution in [0.25, 0.3) is 0 Å². The van der Waals surface area contributed by atoms with Crippen molar-refractivity contribution in [1.82, 2.24) is 20.0 Å². The zero-order valence-electron chi connectivity index (χ0n) is 23.5. The Balaban J connectivity index is 1.48. The molecule has 2 aromatic carbocycles. The summed E-state index contributed by atoms with van der Waals surface area (Å²) in [5.74, 6) is 0.837. The van der Waals surface area contributed by atoms with E-state index in [1.807, 2.05) is 51.6 Å². The Kier molecular flexibility index (Phi) is 9.21. The van der Waals surface area contributed by atoms with Gasteiger partial charge in [0, 0.05) is 38.3 Å². The van der Waals surface area contributed by atoms with E-state index < -0.39 is 6.04 Å². The molecule has 2 atom stereocenters. The summed E-state index contributed by atoms with van der Waals surface area (Å²) in [7, 11) is 3.17. The normalized spacial score (nSPS) is 19.0. The number of thiophene rings is 1. The molecule has 3 aromatic rings. The van der Waals surface area contributed by atoms with Gasteiger partial charge in [-0.1, -0.05) is 24.3 Å². The Morgan fingerprint density at radius 1 is 0.976 bits per heavy atom. The highest BCUT2D eigenvalue weighted by atomic mass is 32.1. The summed E-state index contributed by atoms with van der Waals surface area (Å²) in [6.07, 6.45) is 1.21. The first-order chi connectivity index (χ1) is 20.0. The van der Waals surface area contributed by atoms with Gasteiger partial charge >= 0.3 is 0 Å². The zero-order chi connectivity index (χ0) is 28.8. The Bertz CT molecular complexity index is 1360. The maximum absolute atomic E-state index is 14.0. The topological polar surface area (TPSA) is 91.4 Å². The number of carbonyl (C=O) groups is 3. The van der Waals surface area contributed by atoms with Crippen molar-refractivity contribution in [3.8, 4) is 11.5 Å². The second-order valence-corrected chi connectivity index (χ2v) is 11.2. The van der Waals surface area contributed by atoms with Crippen molar-refractivity contribution in [3.63, 3.8) is 0 Å². The van der Waals surface area contributed by atoms with Crippen molar-refractivity contribution < 1.29 is 23.9 Å². The van der Waals surface area contributed by atoms with E-state index in [2.05, 4.69) is 5.32 Å². The SMILES string of the molecule is COc1cccc(CN(C(=O)c2cccs2)C2CC(C(=O)N3CCCNCC3)N(C(=O)c3cccc(OC)c3)C2)c1. The van der Waals surface area contributed by atoms with E-state index in [1.54, 1.807) is 43.4 Å². The third kappa shape index (κ3) is 6.55. The number of amides is 3. The molecule has 2 unspecified atom stereocenters. The number of hydrogen-bond donors (Lipinski definition) is 1. The Morgan fingerprint density at radius 2 is 1.76 bits per heavy atom. The molecular weight excluding hydrogens is 540 g/mol. The third-order valence-electron chi connectivity index (χ3n) is 7.71. The molecule has 2 saturated heterocycles. The standard InChI is InChI=1S/C31H36N4O5S/c1-39-25-9-3-7-22(17-25)20-34(31(38)28-11-5-16-41-28)24-19-27(30(37)33-14-6-12-32-13-15-33)35(21-24)29(36)23-8-4-10-26(18-23)40-2/h3-5,7-11,16-18,24,27,32H,6,12-15,19-21H2,1-2H3. The fourth-order valence-corrected chi connectivity index (χ4v) is 6.25. The van der Waals surface area contributed by atoms with E-state index in [-0.39, 0.29) is 30.3 Å². The molecule has 0 bridgehead atoms. The minimum atomic E-state index is -0.680. The van der Waals surface area contributed by atoms with Crippen LogP contribution in [0.1, 0.15) is 38.4 Å². The van der Waals surface area contributed by atoms with Gasteiger partial charge in [0.2, 0.25) is 5.91 Å². The lowest BCUT2D eigenvalue weighted by molar-refractivity contribution is -0.135. The van der Waals surface area contributed by atoms with Crippen LogP contribution in [0.3, 0.4) is 0 Å². The van der Waals surface area contributed by atoms with Crippen molar-refractivity contribution in [1.29, 1.82) is 0 Å². The molecule has 1 aromatic heterocycles. The van der Waals surface area contributed by atoms with E-state index >= 15 is 0 Å². The van der Waals surface area contributed by atoms with Crippen LogP contribution in [-0.4, -0.2) is 91.4 Å². The summed E-state index contributed by atoms with van der Waals surface area (Å²) < 4.78 is 10.8. The second-order valence-electron chi connectivity index (χ2n) is 10.3. The van der Waals surface area contributed by atoms with Crippen molar-refractivity contribution in [3.05, 3.63) is 82.0 Å². The number of nitrogens with one attached hydrogen (secondary N) is 1. The van der Waals surface area contributed by atoms with Crippen LogP contribution in [0.4, 0.5) is 0 Å². The summed E-state index contributed by atoms with van der Waals surface area (Å²) in [6, 6.07) is 17.2. The quantitative estimate of drug-likeness (QED) is 0.442. The third-order valence-corrected chi connectivity index (χ3v) is 8.57. The smallest absolute Gasteiger partial charge is 0.264 e. The van der Waals surface area contributed by atoms with Crippen LogP contribution >= 0.6 is 11.3 Å². The van der Waals surface area contributed by atoms with Gasteiger partial charge in [-0.3, -0.25) is 14.4 Å². The molecule has 2 aliphatic rings. The number of hydrogen-bond acceptors (Lipinski definition) is 7. The lowest BCUT2D eigenvalue weighted by atomic mass is 10.1. The van der Waals surface area contributed by atoms with Crippen LogP contribution in [0.5, 0.6) is 11.5 Å². The number of benzene rings is 2. The average Bonchev–Trinajstić information content (AvgIpc) is 3.63. The molecule has 10 heteroatoms. The molecule has 0 radical (unpaired) electrons. The second kappa shape index (κ2) is 13.2. The van der Waals surface area contributed by atoms with Gasteiger partial charge in [0.1, 0.15) is 17.5 Å². The minimum absolute atomic E-state index is 0.0719. The predicted molar refractivity (Wildman–Crippen MR) is 157 cm³/mol. The minimum Gasteiger partial charge on any atom is -0.497 e. The average molecular weight is 577 g/mol. The molecule has 1 N–H and O–H groups in total. The Morgan fingerprint density at radius 3 is 2.51 bits per heavy atom. The van der Waals surface area contributed by atoms with Gasteiger partial charge < -0.3 is 29.5 Å². The lowest BCUT2D eigenvalue weighted by Gasteiger charge is -2.29. The van der Waals surface area contributed by atoms with Crippen LogP contribution in [0, 0.1) is 0 Å². The summed E-state index contributed by atoms with van der Waals surface area (Å²) in [4.78, 5) is 47.8. The monoisotopic (exact) mass is 576 g/mol. The maximum atomic E-state index is 14.0. The maximum Gasteiger partial charge on any atom is 0.264 e. The van der Waals surface area contributed by atoms with Crippen LogP contribution in [-0.2, 0) is 11.3 Å². The summed E-state index contributed by atoms with van der Waals surface area (Å²) >= 11 is 1.38. The van der Waals surface area contributed by atoms with E-state index in [4.69, 9.17) is 9.47 Å². The molecular formula is C31H36N4O5S. The number of likely N-dealkylation sites (tertiary alicyclic amines) is 1. The van der Waals surface area contributed by atoms with E-state index in [0.717, 1.165) is 18.5 Å². The van der Waals surface area contributed by atoms with Gasteiger partial charge in [-0.15, -0.1) is 11.3 Å². The fourth-order valence-electron chi connectivity index (χ4n) is 5.57. The molecule has 2 fully saturated rings. The lowest BCUT2D eigenvalue weighted by Crippen LogP contribution is -2.48. The molecule has 0 aliphatic carbocycles. The Hall–Kier alpha value is -3.89. The first-order valence-corrected chi connectivity index (χ1v) is 14.8. The summed E-state index contributed by atoms with van der Waals surface area (Å²) in [5, 5.41) is 5.22. The van der Waals surface area contributed by atoms with Crippen molar-refractivity contribution >= 4 is 29.1 Å². The number of nitrogens with zero attached hydrogens (tertiary/aromatic N) is 3. The van der Waals surface area contributed by atoms with Crippen LogP contribution in [0.15, 0.2) is 66.0 Å². The molecule has 216 valence electrons. The molecule has 3 amide bonds. The molecule has 41 heavy (non-hydrogen) atoms. The molecule has 0 spiro atoms. The van der Waals surface area contributed by atoms with Gasteiger partial charge in [-0.2, -0.15) is 0 Å². The molecule has 5 rings (SSSR count). The zero-order valence-corrected chi connectivity index (χ0v) is 24.3. The van der Waals surface area contributed by atoms with E-state index in [1.165, 1.54) is 11.3 Å². The van der Waals surface area contributed by atoms with Crippen molar-refractivity contribution in [2.75, 3.05) is 46.9 Å². The highest BCUT2D eigenvalue weighted by Crippen LogP contribution is 2.30. The molecule has 0 saturated carbocycles. The van der Waals surface area contributed by atoms with E-state index in [0.29, 0.717) is 54.5 Å². The van der Waals surface area contributed by atoms with Gasteiger partial charge in [0.25, 0.3) is 11.8 Å². The van der Waals surface area contributed by atoms with E-state index in [9.17, 15) is 14.4 Å². The fraction of sp³-hybridized carbons (Fsp3) is 0.387. The van der Waals surface area contributed by atoms with Crippen molar-refractivity contribution in [2.45, 2.75) is 31.5 Å².